The van der Waals surface area contributed by atoms with Crippen LogP contribution in [-0.4, -0.2) is 17.0 Å². The van der Waals surface area contributed by atoms with E-state index in [2.05, 4.69) is 26.7 Å². The van der Waals surface area contributed by atoms with E-state index >= 15 is 0 Å². The number of aryl methyl sites for hydroxylation is 1. The first-order chi connectivity index (χ1) is 8.28. The minimum atomic E-state index is 0.730. The molecule has 0 unspecified atom stereocenters. The van der Waals surface area contributed by atoms with E-state index in [-0.39, 0.29) is 0 Å². The fraction of sp³-hybridized carbons (Fsp3) is 0.231. The maximum atomic E-state index is 4.38. The fourth-order valence-corrected chi connectivity index (χ4v) is 1.47. The van der Waals surface area contributed by atoms with Crippen LogP contribution in [0.5, 0.6) is 0 Å². The molecule has 0 aliphatic carbocycles. The lowest BCUT2D eigenvalue weighted by Gasteiger charge is -2.07. The number of pyridine rings is 2. The highest BCUT2D eigenvalue weighted by Gasteiger charge is 1.97. The molecule has 2 N–H and O–H groups in total. The van der Waals surface area contributed by atoms with Crippen molar-refractivity contribution in [2.24, 2.45) is 0 Å². The molecule has 0 bridgehead atoms. The van der Waals surface area contributed by atoms with E-state index in [1.54, 1.807) is 0 Å². The molecule has 88 valence electrons. The van der Waals surface area contributed by atoms with Crippen LogP contribution < -0.4 is 10.6 Å². The molecule has 0 saturated carbocycles. The van der Waals surface area contributed by atoms with Crippen LogP contribution >= 0.6 is 0 Å². The van der Waals surface area contributed by atoms with Crippen molar-refractivity contribution in [3.63, 3.8) is 0 Å². The smallest absolute Gasteiger partial charge is 0.128 e. The van der Waals surface area contributed by atoms with E-state index in [4.69, 9.17) is 0 Å². The molecule has 2 heterocycles. The summed E-state index contributed by atoms with van der Waals surface area (Å²) in [4.78, 5) is 8.63. The molecular weight excluding hydrogens is 212 g/mol. The van der Waals surface area contributed by atoms with Gasteiger partial charge in [0.2, 0.25) is 0 Å². The summed E-state index contributed by atoms with van der Waals surface area (Å²) in [5.41, 5.74) is 2.18. The van der Waals surface area contributed by atoms with Gasteiger partial charge in [-0.05, 0) is 30.7 Å². The average Bonchev–Trinajstić information content (AvgIpc) is 2.38. The standard InChI is InChI=1S/C13H16N4/c1-10-6-7-11(8-15-10)9-16-13-5-3-4-12(14-2)17-13/h3-8H,9H2,1-2H3,(H2,14,16,17). The maximum absolute atomic E-state index is 4.38. The number of hydrogen-bond acceptors (Lipinski definition) is 4. The average molecular weight is 228 g/mol. The number of rotatable bonds is 4. The quantitative estimate of drug-likeness (QED) is 0.844. The minimum absolute atomic E-state index is 0.730. The number of aromatic nitrogens is 2. The number of nitrogens with zero attached hydrogens (tertiary/aromatic N) is 2. The molecule has 4 nitrogen and oxygen atoms in total. The normalized spacial score (nSPS) is 10.0. The monoisotopic (exact) mass is 228 g/mol. The van der Waals surface area contributed by atoms with Gasteiger partial charge in [-0.1, -0.05) is 12.1 Å². The third-order valence-corrected chi connectivity index (χ3v) is 2.45. The highest BCUT2D eigenvalue weighted by molar-refractivity contribution is 5.44. The third kappa shape index (κ3) is 3.17. The molecule has 4 heteroatoms. The maximum Gasteiger partial charge on any atom is 0.128 e. The van der Waals surface area contributed by atoms with Crippen molar-refractivity contribution >= 4 is 11.6 Å². The summed E-state index contributed by atoms with van der Waals surface area (Å²) in [7, 11) is 1.86. The van der Waals surface area contributed by atoms with Crippen molar-refractivity contribution in [1.29, 1.82) is 0 Å². The largest absolute Gasteiger partial charge is 0.373 e. The number of nitrogens with one attached hydrogen (secondary N) is 2. The predicted octanol–water partition coefficient (Wildman–Crippen LogP) is 2.44. The van der Waals surface area contributed by atoms with Crippen LogP contribution in [0.15, 0.2) is 36.5 Å². The highest BCUT2D eigenvalue weighted by atomic mass is 15.0. The molecule has 0 atom stereocenters. The van der Waals surface area contributed by atoms with Crippen molar-refractivity contribution < 1.29 is 0 Å². The van der Waals surface area contributed by atoms with Crippen LogP contribution in [0.3, 0.4) is 0 Å². The zero-order valence-corrected chi connectivity index (χ0v) is 10.1. The van der Waals surface area contributed by atoms with Gasteiger partial charge in [-0.25, -0.2) is 4.98 Å². The highest BCUT2D eigenvalue weighted by Crippen LogP contribution is 2.09. The van der Waals surface area contributed by atoms with E-state index in [0.717, 1.165) is 29.4 Å². The SMILES string of the molecule is CNc1cccc(NCc2ccc(C)nc2)n1. The van der Waals surface area contributed by atoms with Crippen LogP contribution in [0.4, 0.5) is 11.6 Å². The Kier molecular flexibility index (Phi) is 3.55. The molecule has 2 aromatic rings. The Morgan fingerprint density at radius 1 is 1.12 bits per heavy atom. The van der Waals surface area contributed by atoms with E-state index in [1.807, 2.05) is 44.4 Å². The van der Waals surface area contributed by atoms with Crippen molar-refractivity contribution in [1.82, 2.24) is 9.97 Å². The second-order valence-corrected chi connectivity index (χ2v) is 3.82. The van der Waals surface area contributed by atoms with E-state index in [1.165, 1.54) is 0 Å². The number of anilines is 2. The van der Waals surface area contributed by atoms with Crippen LogP contribution in [0.2, 0.25) is 0 Å². The summed E-state index contributed by atoms with van der Waals surface area (Å²) in [5, 5.41) is 6.27. The Balaban J connectivity index is 1.99. The first-order valence-electron chi connectivity index (χ1n) is 5.58. The van der Waals surface area contributed by atoms with E-state index < -0.39 is 0 Å². The fourth-order valence-electron chi connectivity index (χ4n) is 1.47. The van der Waals surface area contributed by atoms with Crippen LogP contribution in [0, 0.1) is 6.92 Å². The van der Waals surface area contributed by atoms with Gasteiger partial charge in [0.15, 0.2) is 0 Å². The van der Waals surface area contributed by atoms with Gasteiger partial charge in [-0.3, -0.25) is 4.98 Å². The second-order valence-electron chi connectivity index (χ2n) is 3.82. The van der Waals surface area contributed by atoms with Crippen LogP contribution in [0.25, 0.3) is 0 Å². The lowest BCUT2D eigenvalue weighted by molar-refractivity contribution is 1.07. The van der Waals surface area contributed by atoms with Gasteiger partial charge in [0.25, 0.3) is 0 Å². The van der Waals surface area contributed by atoms with Crippen LogP contribution in [-0.2, 0) is 6.54 Å². The van der Waals surface area contributed by atoms with Gasteiger partial charge >= 0.3 is 0 Å². The molecule has 0 aliphatic rings. The van der Waals surface area contributed by atoms with Gasteiger partial charge in [0.1, 0.15) is 11.6 Å². The zero-order valence-electron chi connectivity index (χ0n) is 10.1. The summed E-state index contributed by atoms with van der Waals surface area (Å²) in [6.07, 6.45) is 1.88. The molecule has 0 fully saturated rings. The summed E-state index contributed by atoms with van der Waals surface area (Å²) >= 11 is 0. The van der Waals surface area contributed by atoms with Crippen LogP contribution in [0.1, 0.15) is 11.3 Å². The Morgan fingerprint density at radius 3 is 2.65 bits per heavy atom. The Labute approximate surface area is 101 Å². The number of hydrogen-bond donors (Lipinski definition) is 2. The molecular formula is C13H16N4. The lowest BCUT2D eigenvalue weighted by atomic mass is 10.2. The van der Waals surface area contributed by atoms with E-state index in [9.17, 15) is 0 Å². The molecule has 0 aromatic carbocycles. The molecule has 0 spiro atoms. The first-order valence-corrected chi connectivity index (χ1v) is 5.58. The predicted molar refractivity (Wildman–Crippen MR) is 70.1 cm³/mol. The molecule has 0 radical (unpaired) electrons. The Bertz CT molecular complexity index is 479. The van der Waals surface area contributed by atoms with Gasteiger partial charge in [-0.15, -0.1) is 0 Å². The molecule has 0 amide bonds. The lowest BCUT2D eigenvalue weighted by Crippen LogP contribution is -2.03. The molecule has 0 aliphatic heterocycles. The summed E-state index contributed by atoms with van der Waals surface area (Å²) in [6, 6.07) is 9.92. The van der Waals surface area contributed by atoms with Gasteiger partial charge in [0, 0.05) is 25.5 Å². The third-order valence-electron chi connectivity index (χ3n) is 2.45. The van der Waals surface area contributed by atoms with Crippen molar-refractivity contribution in [3.8, 4) is 0 Å². The van der Waals surface area contributed by atoms with Crippen molar-refractivity contribution in [2.45, 2.75) is 13.5 Å². The Hall–Kier alpha value is -2.10. The molecule has 2 rings (SSSR count). The van der Waals surface area contributed by atoms with E-state index in [0.29, 0.717) is 0 Å². The second kappa shape index (κ2) is 5.30. The minimum Gasteiger partial charge on any atom is -0.373 e. The summed E-state index contributed by atoms with van der Waals surface area (Å²) in [5.74, 6) is 1.72. The summed E-state index contributed by atoms with van der Waals surface area (Å²) < 4.78 is 0. The zero-order chi connectivity index (χ0) is 12.1. The van der Waals surface area contributed by atoms with Gasteiger partial charge in [-0.2, -0.15) is 0 Å². The van der Waals surface area contributed by atoms with Crippen molar-refractivity contribution in [2.75, 3.05) is 17.7 Å². The Morgan fingerprint density at radius 2 is 1.94 bits per heavy atom. The molecule has 17 heavy (non-hydrogen) atoms. The van der Waals surface area contributed by atoms with Gasteiger partial charge in [0.05, 0.1) is 0 Å². The van der Waals surface area contributed by atoms with Gasteiger partial charge < -0.3 is 10.6 Å². The summed E-state index contributed by atoms with van der Waals surface area (Å²) in [6.45, 7) is 2.71. The molecule has 2 aromatic heterocycles. The topological polar surface area (TPSA) is 49.8 Å². The van der Waals surface area contributed by atoms with Crippen molar-refractivity contribution in [3.05, 3.63) is 47.8 Å². The first kappa shape index (κ1) is 11.4. The molecule has 0 saturated heterocycles.